The summed E-state index contributed by atoms with van der Waals surface area (Å²) in [4.78, 5) is 18.9. The number of carbonyl (C=O) groups excluding carboxylic acids is 1. The molecule has 1 N–H and O–H groups in total. The molecule has 0 radical (unpaired) electrons. The highest BCUT2D eigenvalue weighted by Gasteiger charge is 2.17. The van der Waals surface area contributed by atoms with Crippen molar-refractivity contribution >= 4 is 5.91 Å². The first-order chi connectivity index (χ1) is 12.6. The van der Waals surface area contributed by atoms with Crippen LogP contribution in [0.1, 0.15) is 48.3 Å². The number of aryl methyl sites for hydroxylation is 1. The summed E-state index contributed by atoms with van der Waals surface area (Å²) in [6.07, 6.45) is 4.26. The van der Waals surface area contributed by atoms with Gasteiger partial charge in [0.05, 0.1) is 25.2 Å². The van der Waals surface area contributed by atoms with E-state index in [0.29, 0.717) is 25.5 Å². The van der Waals surface area contributed by atoms with E-state index in [1.165, 1.54) is 0 Å². The summed E-state index contributed by atoms with van der Waals surface area (Å²) in [5, 5.41) is 2.92. The highest BCUT2D eigenvalue weighted by atomic mass is 16.5. The maximum atomic E-state index is 12.5. The minimum absolute atomic E-state index is 0.204. The molecule has 0 aromatic carbocycles. The largest absolute Gasteiger partial charge is 0.456 e. The Morgan fingerprint density at radius 3 is 2.77 bits per heavy atom. The van der Waals surface area contributed by atoms with Gasteiger partial charge in [0, 0.05) is 38.4 Å². The second-order valence-corrected chi connectivity index (χ2v) is 6.13. The van der Waals surface area contributed by atoms with E-state index in [2.05, 4.69) is 29.0 Å². The van der Waals surface area contributed by atoms with Crippen molar-refractivity contribution < 1.29 is 13.9 Å². The zero-order chi connectivity index (χ0) is 18.9. The van der Waals surface area contributed by atoms with Crippen molar-refractivity contribution in [3.05, 3.63) is 41.4 Å². The summed E-state index contributed by atoms with van der Waals surface area (Å²) in [5.74, 6) is 1.05. The van der Waals surface area contributed by atoms with Crippen LogP contribution in [-0.2, 0) is 30.8 Å². The van der Waals surface area contributed by atoms with Crippen LogP contribution in [0.2, 0.25) is 0 Å². The monoisotopic (exact) mass is 362 g/mol. The van der Waals surface area contributed by atoms with Crippen molar-refractivity contribution in [1.82, 2.24) is 19.8 Å². The lowest BCUT2D eigenvalue weighted by Gasteiger charge is -2.17. The molecule has 0 saturated carbocycles. The molecule has 2 heterocycles. The van der Waals surface area contributed by atoms with Gasteiger partial charge in [0.15, 0.2) is 5.76 Å². The van der Waals surface area contributed by atoms with Crippen LogP contribution in [0, 0.1) is 0 Å². The van der Waals surface area contributed by atoms with E-state index in [4.69, 9.17) is 9.15 Å². The summed E-state index contributed by atoms with van der Waals surface area (Å²) >= 11 is 0. The molecular weight excluding hydrogens is 332 g/mol. The second kappa shape index (κ2) is 10.1. The number of ether oxygens (including phenoxy) is 1. The van der Waals surface area contributed by atoms with Gasteiger partial charge >= 0.3 is 0 Å². The van der Waals surface area contributed by atoms with Crippen LogP contribution in [0.5, 0.6) is 0 Å². The third-order valence-corrected chi connectivity index (χ3v) is 4.49. The number of carbonyl (C=O) groups is 1. The first-order valence-electron chi connectivity index (χ1n) is 9.22. The lowest BCUT2D eigenvalue weighted by atomic mass is 10.2. The van der Waals surface area contributed by atoms with E-state index >= 15 is 0 Å². The molecule has 144 valence electrons. The quantitative estimate of drug-likeness (QED) is 0.665. The Labute approximate surface area is 155 Å². The first-order valence-corrected chi connectivity index (χ1v) is 9.22. The lowest BCUT2D eigenvalue weighted by Crippen LogP contribution is -2.24. The molecule has 1 amide bonds. The highest BCUT2D eigenvalue weighted by Crippen LogP contribution is 2.18. The number of aromatic nitrogens is 2. The Balaban J connectivity index is 2.01. The zero-order valence-electron chi connectivity index (χ0n) is 16.2. The molecule has 7 heteroatoms. The van der Waals surface area contributed by atoms with Crippen molar-refractivity contribution in [2.75, 3.05) is 26.8 Å². The third kappa shape index (κ3) is 5.19. The Morgan fingerprint density at radius 1 is 1.35 bits per heavy atom. The Morgan fingerprint density at radius 2 is 2.12 bits per heavy atom. The second-order valence-electron chi connectivity index (χ2n) is 6.13. The lowest BCUT2D eigenvalue weighted by molar-refractivity contribution is 0.0920. The van der Waals surface area contributed by atoms with Crippen LogP contribution < -0.4 is 5.32 Å². The number of furan rings is 1. The van der Waals surface area contributed by atoms with Gasteiger partial charge in [-0.3, -0.25) is 9.69 Å². The number of hydrogen-bond donors (Lipinski definition) is 1. The number of nitrogens with zero attached hydrogens (tertiary/aromatic N) is 3. The zero-order valence-corrected chi connectivity index (χ0v) is 16.2. The molecule has 0 unspecified atom stereocenters. The molecule has 2 aromatic heterocycles. The number of imidazole rings is 1. The molecule has 0 aliphatic rings. The Kier molecular flexibility index (Phi) is 7.87. The smallest absolute Gasteiger partial charge is 0.287 e. The van der Waals surface area contributed by atoms with Gasteiger partial charge in [0.2, 0.25) is 0 Å². The summed E-state index contributed by atoms with van der Waals surface area (Å²) in [7, 11) is 1.66. The van der Waals surface area contributed by atoms with Crippen molar-refractivity contribution in [2.45, 2.75) is 46.8 Å². The van der Waals surface area contributed by atoms with Crippen molar-refractivity contribution in [2.24, 2.45) is 0 Å². The normalized spacial score (nSPS) is 11.3. The van der Waals surface area contributed by atoms with E-state index in [-0.39, 0.29) is 5.91 Å². The molecular formula is C19H30N4O3. The molecule has 0 fully saturated rings. The molecule has 0 saturated heterocycles. The standard InChI is InChI=1S/C19H30N4O3/c1-5-17-15(13-22(6-2)7-3)10-18(26-17)19(24)21-12-16-11-20-14-23(16)8-9-25-4/h10-11,14H,5-9,12-13H2,1-4H3,(H,21,24). The molecule has 2 rings (SSSR count). The predicted molar refractivity (Wildman–Crippen MR) is 100.0 cm³/mol. The van der Waals surface area contributed by atoms with E-state index < -0.39 is 0 Å². The summed E-state index contributed by atoms with van der Waals surface area (Å²) in [6.45, 7) is 10.8. The van der Waals surface area contributed by atoms with Crippen LogP contribution in [0.25, 0.3) is 0 Å². The average Bonchev–Trinajstić information content (AvgIpc) is 3.28. The fraction of sp³-hybridized carbons (Fsp3) is 0.579. The SMILES string of the molecule is CCc1oc(C(=O)NCc2cncn2CCOC)cc1CN(CC)CC. The average molecular weight is 362 g/mol. The maximum Gasteiger partial charge on any atom is 0.287 e. The van der Waals surface area contributed by atoms with Gasteiger partial charge in [-0.05, 0) is 19.2 Å². The number of hydrogen-bond acceptors (Lipinski definition) is 5. The highest BCUT2D eigenvalue weighted by molar-refractivity contribution is 5.91. The van der Waals surface area contributed by atoms with Crippen molar-refractivity contribution in [1.29, 1.82) is 0 Å². The van der Waals surface area contributed by atoms with Crippen molar-refractivity contribution in [3.63, 3.8) is 0 Å². The fourth-order valence-electron chi connectivity index (χ4n) is 2.84. The van der Waals surface area contributed by atoms with Gasteiger partial charge in [0.25, 0.3) is 5.91 Å². The summed E-state index contributed by atoms with van der Waals surface area (Å²) in [5.41, 5.74) is 2.02. The van der Waals surface area contributed by atoms with Crippen LogP contribution >= 0.6 is 0 Å². The predicted octanol–water partition coefficient (Wildman–Crippen LogP) is 2.46. The van der Waals surface area contributed by atoms with Crippen LogP contribution in [0.3, 0.4) is 0 Å². The van der Waals surface area contributed by atoms with E-state index in [0.717, 1.165) is 43.1 Å². The minimum atomic E-state index is -0.204. The Hall–Kier alpha value is -2.12. The molecule has 0 atom stereocenters. The summed E-state index contributed by atoms with van der Waals surface area (Å²) < 4.78 is 12.9. The molecule has 7 nitrogen and oxygen atoms in total. The molecule has 26 heavy (non-hydrogen) atoms. The van der Waals surface area contributed by atoms with Gasteiger partial charge in [0.1, 0.15) is 5.76 Å². The van der Waals surface area contributed by atoms with Crippen molar-refractivity contribution in [3.8, 4) is 0 Å². The number of amides is 1. The summed E-state index contributed by atoms with van der Waals surface area (Å²) in [6, 6.07) is 1.87. The first kappa shape index (κ1) is 20.2. The molecule has 0 aliphatic carbocycles. The van der Waals surface area contributed by atoms with Gasteiger partial charge in [-0.2, -0.15) is 0 Å². The van der Waals surface area contributed by atoms with E-state index in [1.54, 1.807) is 19.6 Å². The molecule has 0 bridgehead atoms. The number of nitrogens with one attached hydrogen (secondary N) is 1. The minimum Gasteiger partial charge on any atom is -0.456 e. The topological polar surface area (TPSA) is 72.5 Å². The third-order valence-electron chi connectivity index (χ3n) is 4.49. The molecule has 0 spiro atoms. The van der Waals surface area contributed by atoms with E-state index in [9.17, 15) is 4.79 Å². The fourth-order valence-corrected chi connectivity index (χ4v) is 2.84. The van der Waals surface area contributed by atoms with Gasteiger partial charge < -0.3 is 19.0 Å². The number of methoxy groups -OCH3 is 1. The van der Waals surface area contributed by atoms with Gasteiger partial charge in [-0.1, -0.05) is 20.8 Å². The van der Waals surface area contributed by atoms with Crippen LogP contribution in [0.15, 0.2) is 23.0 Å². The molecule has 0 aliphatic heterocycles. The van der Waals surface area contributed by atoms with Gasteiger partial charge in [-0.15, -0.1) is 0 Å². The maximum absolute atomic E-state index is 12.5. The van der Waals surface area contributed by atoms with Crippen LogP contribution in [0.4, 0.5) is 0 Å². The Bertz CT molecular complexity index is 689. The van der Waals surface area contributed by atoms with Gasteiger partial charge in [-0.25, -0.2) is 4.98 Å². The van der Waals surface area contributed by atoms with Crippen LogP contribution in [-0.4, -0.2) is 47.2 Å². The van der Waals surface area contributed by atoms with E-state index in [1.807, 2.05) is 17.6 Å². The molecule has 2 aromatic rings. The number of rotatable bonds is 11.